The number of anilines is 1. The average molecular weight is 432 g/mol. The number of aryl methyl sites for hydroxylation is 3. The summed E-state index contributed by atoms with van der Waals surface area (Å²) in [6.45, 7) is 4.91. The normalized spacial score (nSPS) is 10.9. The molecule has 0 fully saturated rings. The molecular weight excluding hydrogens is 406 g/mol. The Morgan fingerprint density at radius 3 is 2.86 bits per heavy atom. The Bertz CT molecular complexity index is 941. The third-order valence-corrected chi connectivity index (χ3v) is 6.10. The van der Waals surface area contributed by atoms with Gasteiger partial charge in [-0.25, -0.2) is 4.98 Å². The van der Waals surface area contributed by atoms with Crippen molar-refractivity contribution in [3.05, 3.63) is 46.7 Å². The Labute approximate surface area is 178 Å². The molecule has 1 amide bonds. The van der Waals surface area contributed by atoms with Gasteiger partial charge in [0.1, 0.15) is 11.6 Å². The maximum absolute atomic E-state index is 12.1. The number of ether oxygens (including phenoxy) is 1. The molecule has 1 aromatic carbocycles. The molecule has 0 radical (unpaired) electrons. The summed E-state index contributed by atoms with van der Waals surface area (Å²) < 4.78 is 7.40. The van der Waals surface area contributed by atoms with Gasteiger partial charge in [-0.15, -0.1) is 21.5 Å². The highest BCUT2D eigenvalue weighted by Gasteiger charge is 2.13. The van der Waals surface area contributed by atoms with Crippen molar-refractivity contribution in [2.24, 2.45) is 0 Å². The molecule has 0 aliphatic carbocycles. The van der Waals surface area contributed by atoms with E-state index in [0.717, 1.165) is 48.1 Å². The van der Waals surface area contributed by atoms with Crippen LogP contribution in [0.15, 0.2) is 34.9 Å². The average Bonchev–Trinajstić information content (AvgIpc) is 3.36. The molecule has 2 aromatic heterocycles. The van der Waals surface area contributed by atoms with E-state index in [4.69, 9.17) is 4.74 Å². The van der Waals surface area contributed by atoms with Gasteiger partial charge in [0.05, 0.1) is 12.9 Å². The zero-order valence-electron chi connectivity index (χ0n) is 16.8. The third kappa shape index (κ3) is 5.80. The number of amides is 1. The molecule has 3 rings (SSSR count). The van der Waals surface area contributed by atoms with Crippen molar-refractivity contribution < 1.29 is 9.53 Å². The highest BCUT2D eigenvalue weighted by molar-refractivity contribution is 7.99. The summed E-state index contributed by atoms with van der Waals surface area (Å²) in [5.41, 5.74) is 2.44. The fourth-order valence-corrected chi connectivity index (χ4v) is 4.41. The van der Waals surface area contributed by atoms with Gasteiger partial charge in [0.2, 0.25) is 5.91 Å². The van der Waals surface area contributed by atoms with Gasteiger partial charge in [0, 0.05) is 24.5 Å². The van der Waals surface area contributed by atoms with Crippen LogP contribution in [0.5, 0.6) is 5.75 Å². The van der Waals surface area contributed by atoms with E-state index in [0.29, 0.717) is 5.13 Å². The molecule has 0 aliphatic rings. The molecule has 0 atom stereocenters. The first-order chi connectivity index (χ1) is 14.1. The SMILES string of the molecule is CCn1c(CCCc2ccc(OC)c(C)c2)nnc1SCC(=O)Nc1nccs1. The molecule has 9 heteroatoms. The topological polar surface area (TPSA) is 81.9 Å². The summed E-state index contributed by atoms with van der Waals surface area (Å²) in [5, 5.41) is 14.6. The lowest BCUT2D eigenvalue weighted by Gasteiger charge is -2.09. The number of thioether (sulfide) groups is 1. The minimum Gasteiger partial charge on any atom is -0.496 e. The van der Waals surface area contributed by atoms with Crippen LogP contribution in [0.1, 0.15) is 30.3 Å². The van der Waals surface area contributed by atoms with Gasteiger partial charge in [-0.2, -0.15) is 0 Å². The summed E-state index contributed by atoms with van der Waals surface area (Å²) >= 11 is 2.80. The largest absolute Gasteiger partial charge is 0.496 e. The van der Waals surface area contributed by atoms with Crippen LogP contribution in [0.25, 0.3) is 0 Å². The predicted octanol–water partition coefficient (Wildman–Crippen LogP) is 3.98. The minimum absolute atomic E-state index is 0.0907. The van der Waals surface area contributed by atoms with E-state index in [9.17, 15) is 4.79 Å². The van der Waals surface area contributed by atoms with Gasteiger partial charge in [-0.05, 0) is 43.9 Å². The van der Waals surface area contributed by atoms with Gasteiger partial charge in [0.25, 0.3) is 0 Å². The first kappa shape index (κ1) is 21.3. The lowest BCUT2D eigenvalue weighted by Crippen LogP contribution is -2.14. The zero-order chi connectivity index (χ0) is 20.6. The molecule has 0 saturated carbocycles. The summed E-state index contributed by atoms with van der Waals surface area (Å²) in [6, 6.07) is 6.30. The number of carbonyl (C=O) groups is 1. The van der Waals surface area contributed by atoms with Gasteiger partial charge in [0.15, 0.2) is 10.3 Å². The summed E-state index contributed by atoms with van der Waals surface area (Å²) in [5.74, 6) is 2.07. The number of carbonyl (C=O) groups excluding carboxylic acids is 1. The third-order valence-electron chi connectivity index (χ3n) is 4.45. The molecule has 0 spiro atoms. The standard InChI is InChI=1S/C20H25N5O2S2/c1-4-25-17(7-5-6-15-8-9-16(27-3)14(2)12-15)23-24-20(25)29-13-18(26)22-19-21-10-11-28-19/h8-12H,4-7,13H2,1-3H3,(H,21,22,26). The zero-order valence-corrected chi connectivity index (χ0v) is 18.5. The molecule has 1 N–H and O–H groups in total. The first-order valence-corrected chi connectivity index (χ1v) is 11.3. The van der Waals surface area contributed by atoms with Crippen LogP contribution in [0.2, 0.25) is 0 Å². The van der Waals surface area contributed by atoms with Crippen LogP contribution in [0.4, 0.5) is 5.13 Å². The lowest BCUT2D eigenvalue weighted by atomic mass is 10.0. The molecule has 29 heavy (non-hydrogen) atoms. The number of hydrogen-bond acceptors (Lipinski definition) is 7. The van der Waals surface area contributed by atoms with Crippen molar-refractivity contribution in [1.29, 1.82) is 0 Å². The Balaban J connectivity index is 1.52. The number of benzene rings is 1. The molecule has 0 aliphatic heterocycles. The van der Waals surface area contributed by atoms with Crippen molar-refractivity contribution in [3.63, 3.8) is 0 Å². The number of thiazole rings is 1. The van der Waals surface area contributed by atoms with E-state index in [-0.39, 0.29) is 11.7 Å². The second kappa shape index (κ2) is 10.4. The van der Waals surface area contributed by atoms with E-state index in [2.05, 4.69) is 51.0 Å². The number of methoxy groups -OCH3 is 1. The Hall–Kier alpha value is -2.39. The maximum atomic E-state index is 12.1. The second-order valence-corrected chi connectivity index (χ2v) is 8.31. The fourth-order valence-electron chi connectivity index (χ4n) is 3.05. The highest BCUT2D eigenvalue weighted by Crippen LogP contribution is 2.21. The Morgan fingerprint density at radius 2 is 2.17 bits per heavy atom. The second-order valence-electron chi connectivity index (χ2n) is 6.47. The van der Waals surface area contributed by atoms with Crippen LogP contribution in [-0.2, 0) is 24.2 Å². The number of aromatic nitrogens is 4. The Kier molecular flexibility index (Phi) is 7.65. The van der Waals surface area contributed by atoms with Crippen molar-refractivity contribution >= 4 is 34.1 Å². The quantitative estimate of drug-likeness (QED) is 0.489. The van der Waals surface area contributed by atoms with Crippen molar-refractivity contribution in [2.75, 3.05) is 18.2 Å². The van der Waals surface area contributed by atoms with E-state index in [1.54, 1.807) is 13.3 Å². The summed E-state index contributed by atoms with van der Waals surface area (Å²) in [6.07, 6.45) is 4.47. The predicted molar refractivity (Wildman–Crippen MR) is 117 cm³/mol. The maximum Gasteiger partial charge on any atom is 0.236 e. The highest BCUT2D eigenvalue weighted by atomic mass is 32.2. The molecule has 2 heterocycles. The van der Waals surface area contributed by atoms with E-state index >= 15 is 0 Å². The molecule has 0 saturated heterocycles. The smallest absolute Gasteiger partial charge is 0.236 e. The monoisotopic (exact) mass is 431 g/mol. The molecule has 0 unspecified atom stereocenters. The van der Waals surface area contributed by atoms with Gasteiger partial charge >= 0.3 is 0 Å². The van der Waals surface area contributed by atoms with Crippen LogP contribution in [0, 0.1) is 6.92 Å². The number of rotatable bonds is 10. The van der Waals surface area contributed by atoms with Gasteiger partial charge in [-0.3, -0.25) is 4.79 Å². The van der Waals surface area contributed by atoms with Crippen LogP contribution in [0.3, 0.4) is 0 Å². The van der Waals surface area contributed by atoms with Crippen molar-refractivity contribution in [3.8, 4) is 5.75 Å². The molecule has 3 aromatic rings. The minimum atomic E-state index is -0.0907. The van der Waals surface area contributed by atoms with Gasteiger partial charge < -0.3 is 14.6 Å². The van der Waals surface area contributed by atoms with E-state index in [1.165, 1.54) is 28.7 Å². The lowest BCUT2D eigenvalue weighted by molar-refractivity contribution is -0.113. The number of nitrogens with one attached hydrogen (secondary N) is 1. The molecule has 7 nitrogen and oxygen atoms in total. The molecule has 0 bridgehead atoms. The number of hydrogen-bond donors (Lipinski definition) is 1. The van der Waals surface area contributed by atoms with E-state index < -0.39 is 0 Å². The molecular formula is C20H25N5O2S2. The Morgan fingerprint density at radius 1 is 1.31 bits per heavy atom. The van der Waals surface area contributed by atoms with Crippen LogP contribution in [-0.4, -0.2) is 38.5 Å². The first-order valence-electron chi connectivity index (χ1n) is 9.48. The number of nitrogens with zero attached hydrogens (tertiary/aromatic N) is 4. The van der Waals surface area contributed by atoms with Crippen LogP contribution < -0.4 is 10.1 Å². The van der Waals surface area contributed by atoms with Crippen molar-refractivity contribution in [2.45, 2.75) is 44.8 Å². The van der Waals surface area contributed by atoms with Crippen LogP contribution >= 0.6 is 23.1 Å². The van der Waals surface area contributed by atoms with Crippen molar-refractivity contribution in [1.82, 2.24) is 19.7 Å². The summed E-state index contributed by atoms with van der Waals surface area (Å²) in [7, 11) is 1.69. The van der Waals surface area contributed by atoms with E-state index in [1.807, 2.05) is 11.4 Å². The molecule has 154 valence electrons. The summed E-state index contributed by atoms with van der Waals surface area (Å²) in [4.78, 5) is 16.1. The fraction of sp³-hybridized carbons (Fsp3) is 0.400. The van der Waals surface area contributed by atoms with Gasteiger partial charge in [-0.1, -0.05) is 23.9 Å².